The molecule has 1 heterocycles. The van der Waals surface area contributed by atoms with E-state index in [1.165, 1.54) is 0 Å². The van der Waals surface area contributed by atoms with Crippen molar-refractivity contribution in [2.45, 2.75) is 114 Å². The Morgan fingerprint density at radius 1 is 0.583 bits per heavy atom. The Labute approximate surface area is 214 Å². The molecule has 1 fully saturated rings. The number of hydrogen-bond acceptors (Lipinski definition) is 10. The van der Waals surface area contributed by atoms with Crippen LogP contribution in [0.4, 0.5) is 0 Å². The summed E-state index contributed by atoms with van der Waals surface area (Å²) < 4.78 is 28.5. The Kier molecular flexibility index (Phi) is 9.77. The maximum absolute atomic E-state index is 12.9. The van der Waals surface area contributed by atoms with Crippen molar-refractivity contribution in [2.75, 3.05) is 6.61 Å². The summed E-state index contributed by atoms with van der Waals surface area (Å²) in [5, 5.41) is 0. The molecule has 10 heteroatoms. The minimum Gasteiger partial charge on any atom is -0.462 e. The average molecular weight is 516 g/mol. The molecule has 1 rings (SSSR count). The van der Waals surface area contributed by atoms with Gasteiger partial charge in [-0.05, 0) is 83.1 Å². The van der Waals surface area contributed by atoms with E-state index in [9.17, 15) is 19.2 Å². The molecule has 0 aromatic heterocycles. The first-order valence-electron chi connectivity index (χ1n) is 12.2. The smallest absolute Gasteiger partial charge is 0.311 e. The largest absolute Gasteiger partial charge is 0.462 e. The van der Waals surface area contributed by atoms with E-state index in [2.05, 4.69) is 0 Å². The van der Waals surface area contributed by atoms with Crippen molar-refractivity contribution in [3.05, 3.63) is 0 Å². The summed E-state index contributed by atoms with van der Waals surface area (Å²) in [6, 6.07) is 0. The first-order chi connectivity index (χ1) is 16.0. The van der Waals surface area contributed by atoms with Crippen LogP contribution in [0.5, 0.6) is 0 Å². The molecule has 10 nitrogen and oxygen atoms in total. The van der Waals surface area contributed by atoms with Gasteiger partial charge in [-0.3, -0.25) is 19.2 Å². The van der Waals surface area contributed by atoms with Crippen LogP contribution in [-0.4, -0.2) is 61.1 Å². The highest BCUT2D eigenvalue weighted by Crippen LogP contribution is 2.32. The van der Waals surface area contributed by atoms with E-state index >= 15 is 0 Å². The molecule has 0 aromatic rings. The van der Waals surface area contributed by atoms with E-state index in [1.54, 1.807) is 83.1 Å². The van der Waals surface area contributed by atoms with Crippen molar-refractivity contribution in [3.8, 4) is 0 Å². The van der Waals surface area contributed by atoms with Crippen LogP contribution in [0.25, 0.3) is 0 Å². The number of rotatable bonds is 5. The van der Waals surface area contributed by atoms with Crippen LogP contribution in [0.1, 0.15) is 83.1 Å². The summed E-state index contributed by atoms with van der Waals surface area (Å²) >= 11 is 0. The normalized spacial score (nSPS) is 25.5. The Bertz CT molecular complexity index is 824. The molecule has 0 radical (unpaired) electrons. The van der Waals surface area contributed by atoms with E-state index in [-0.39, 0.29) is 6.61 Å². The molecule has 208 valence electrons. The molecule has 5 atom stereocenters. The summed E-state index contributed by atoms with van der Waals surface area (Å²) in [6.07, 6.45) is -6.20. The van der Waals surface area contributed by atoms with Gasteiger partial charge >= 0.3 is 23.9 Å². The predicted octanol–water partition coefficient (Wildman–Crippen LogP) is 3.13. The van der Waals surface area contributed by atoms with Crippen LogP contribution >= 0.6 is 0 Å². The van der Waals surface area contributed by atoms with E-state index in [4.69, 9.17) is 29.4 Å². The lowest BCUT2D eigenvalue weighted by Crippen LogP contribution is -2.65. The van der Waals surface area contributed by atoms with Crippen LogP contribution in [0.15, 0.2) is 0 Å². The highest BCUT2D eigenvalue weighted by atomic mass is 16.7. The van der Waals surface area contributed by atoms with Crippen molar-refractivity contribution in [1.29, 1.82) is 0 Å². The molecule has 1 saturated heterocycles. The van der Waals surface area contributed by atoms with E-state index in [0.29, 0.717) is 0 Å². The van der Waals surface area contributed by atoms with Gasteiger partial charge in [0.25, 0.3) is 0 Å². The lowest BCUT2D eigenvalue weighted by molar-refractivity contribution is -0.259. The van der Waals surface area contributed by atoms with Gasteiger partial charge in [-0.25, -0.2) is 0 Å². The summed E-state index contributed by atoms with van der Waals surface area (Å²) in [4.78, 5) is 51.0. The zero-order valence-corrected chi connectivity index (χ0v) is 23.8. The zero-order chi connectivity index (χ0) is 28.4. The number of ether oxygens (including phenoxy) is 5. The van der Waals surface area contributed by atoms with Gasteiger partial charge in [0.05, 0.1) is 21.7 Å². The van der Waals surface area contributed by atoms with Gasteiger partial charge in [0.1, 0.15) is 18.9 Å². The highest BCUT2D eigenvalue weighted by Gasteiger charge is 2.53. The van der Waals surface area contributed by atoms with Crippen LogP contribution in [0, 0.1) is 21.7 Å². The molecule has 0 saturated carbocycles. The second-order valence-corrected chi connectivity index (χ2v) is 13.3. The molecule has 1 aliphatic heterocycles. The van der Waals surface area contributed by atoms with Gasteiger partial charge in [0, 0.05) is 0 Å². The third kappa shape index (κ3) is 8.73. The summed E-state index contributed by atoms with van der Waals surface area (Å²) in [7, 11) is 0. The molecule has 36 heavy (non-hydrogen) atoms. The summed E-state index contributed by atoms with van der Waals surface area (Å²) in [5.74, 6) is -2.36. The molecular weight excluding hydrogens is 470 g/mol. The first kappa shape index (κ1) is 31.8. The third-order valence-corrected chi connectivity index (χ3v) is 5.23. The predicted molar refractivity (Wildman–Crippen MR) is 131 cm³/mol. The van der Waals surface area contributed by atoms with Crippen molar-refractivity contribution >= 4 is 23.9 Å². The number of esters is 4. The minimum atomic E-state index is -1.31. The molecule has 0 amide bonds. The Morgan fingerprint density at radius 3 is 1.28 bits per heavy atom. The fourth-order valence-corrected chi connectivity index (χ4v) is 2.76. The van der Waals surface area contributed by atoms with Gasteiger partial charge in [0.15, 0.2) is 18.3 Å². The number of nitrogens with two attached hydrogens (primary N) is 1. The lowest BCUT2D eigenvalue weighted by Gasteiger charge is -2.45. The third-order valence-electron chi connectivity index (χ3n) is 5.23. The summed E-state index contributed by atoms with van der Waals surface area (Å²) in [6.45, 7) is 19.7. The fraction of sp³-hybridized carbons (Fsp3) is 0.846. The van der Waals surface area contributed by atoms with Crippen molar-refractivity contribution in [1.82, 2.24) is 0 Å². The first-order valence-corrected chi connectivity index (χ1v) is 12.2. The maximum Gasteiger partial charge on any atom is 0.311 e. The van der Waals surface area contributed by atoms with Crippen molar-refractivity contribution in [2.24, 2.45) is 27.4 Å². The summed E-state index contributed by atoms with van der Waals surface area (Å²) in [5.41, 5.74) is 2.71. The molecule has 0 unspecified atom stereocenters. The second-order valence-electron chi connectivity index (χ2n) is 13.3. The van der Waals surface area contributed by atoms with Gasteiger partial charge in [-0.15, -0.1) is 0 Å². The lowest BCUT2D eigenvalue weighted by atomic mass is 9.92. The highest BCUT2D eigenvalue weighted by molar-refractivity contribution is 5.78. The SMILES string of the molecule is CC(C)(C)C(=O)OC[C@H]1O[C@@H](N)[C@H](OC(=O)C(C)(C)C)[C@@H](OC(=O)C(C)(C)C)[C@@H]1OC(=O)C(C)(C)C. The molecule has 0 spiro atoms. The van der Waals surface area contributed by atoms with Crippen molar-refractivity contribution in [3.63, 3.8) is 0 Å². The Hall–Kier alpha value is -2.20. The average Bonchev–Trinajstić information content (AvgIpc) is 2.67. The van der Waals surface area contributed by atoms with Crippen LogP contribution in [0.2, 0.25) is 0 Å². The quantitative estimate of drug-likeness (QED) is 0.429. The van der Waals surface area contributed by atoms with Crippen LogP contribution in [0.3, 0.4) is 0 Å². The van der Waals surface area contributed by atoms with Crippen LogP contribution in [-0.2, 0) is 42.9 Å². The molecule has 0 bridgehead atoms. The standard InChI is InChI=1S/C26H45NO9/c1-23(2,3)19(28)32-13-14-15(34-20(29)24(4,5)6)16(35-21(30)25(7,8)9)17(18(27)33-14)36-22(31)26(10,11)12/h14-18H,13,27H2,1-12H3/t14-,15-,16+,17-,18-/m1/s1. The maximum atomic E-state index is 12.9. The number of carbonyl (C=O) groups is 4. The fourth-order valence-electron chi connectivity index (χ4n) is 2.76. The van der Waals surface area contributed by atoms with E-state index in [1.807, 2.05) is 0 Å². The Balaban J connectivity index is 3.50. The van der Waals surface area contributed by atoms with E-state index < -0.39 is 76.2 Å². The Morgan fingerprint density at radius 2 is 0.917 bits per heavy atom. The van der Waals surface area contributed by atoms with Gasteiger partial charge < -0.3 is 29.4 Å². The number of carbonyl (C=O) groups excluding carboxylic acids is 4. The topological polar surface area (TPSA) is 140 Å². The monoisotopic (exact) mass is 515 g/mol. The zero-order valence-electron chi connectivity index (χ0n) is 23.8. The van der Waals surface area contributed by atoms with Crippen LogP contribution < -0.4 is 5.73 Å². The van der Waals surface area contributed by atoms with Gasteiger partial charge in [0.2, 0.25) is 0 Å². The molecular formula is C26H45NO9. The van der Waals surface area contributed by atoms with Gasteiger partial charge in [-0.1, -0.05) is 0 Å². The second kappa shape index (κ2) is 11.0. The molecule has 0 aromatic carbocycles. The number of hydrogen-bond donors (Lipinski definition) is 1. The molecule has 2 N–H and O–H groups in total. The molecule has 1 aliphatic rings. The van der Waals surface area contributed by atoms with E-state index in [0.717, 1.165) is 0 Å². The van der Waals surface area contributed by atoms with Gasteiger partial charge in [-0.2, -0.15) is 0 Å². The molecule has 0 aliphatic carbocycles. The van der Waals surface area contributed by atoms with Crippen molar-refractivity contribution < 1.29 is 42.9 Å². The minimum absolute atomic E-state index is 0.324.